The van der Waals surface area contributed by atoms with E-state index in [1.54, 1.807) is 0 Å². The molecule has 2 unspecified atom stereocenters. The van der Waals surface area contributed by atoms with Crippen LogP contribution in [0.2, 0.25) is 0 Å². The molecule has 110 valence electrons. The second-order valence-corrected chi connectivity index (χ2v) is 5.79. The van der Waals surface area contributed by atoms with Crippen molar-refractivity contribution in [2.75, 3.05) is 39.3 Å². The Bertz CT molecular complexity index is 178. The highest BCUT2D eigenvalue weighted by atomic mass is 15.1. The lowest BCUT2D eigenvalue weighted by Gasteiger charge is -2.21. The third-order valence-electron chi connectivity index (χ3n) is 4.12. The molecule has 2 heteroatoms. The van der Waals surface area contributed by atoms with Crippen LogP contribution in [-0.4, -0.2) is 49.1 Å². The minimum Gasteiger partial charge on any atom is -0.304 e. The van der Waals surface area contributed by atoms with Gasteiger partial charge in [0.15, 0.2) is 0 Å². The molecule has 0 saturated carbocycles. The fraction of sp³-hybridized carbons (Fsp3) is 1.00. The van der Waals surface area contributed by atoms with E-state index in [4.69, 9.17) is 0 Å². The smallest absolute Gasteiger partial charge is 0.000738 e. The quantitative estimate of drug-likeness (QED) is 0.714. The van der Waals surface area contributed by atoms with Gasteiger partial charge >= 0.3 is 0 Å². The predicted octanol–water partition coefficient (Wildman–Crippen LogP) is 3.72. The molecule has 1 rings (SSSR count). The van der Waals surface area contributed by atoms with Crippen molar-refractivity contribution in [3.63, 3.8) is 0 Å². The fourth-order valence-electron chi connectivity index (χ4n) is 2.37. The van der Waals surface area contributed by atoms with Crippen LogP contribution >= 0.6 is 0 Å². The highest BCUT2D eigenvalue weighted by Crippen LogP contribution is 2.13. The molecule has 0 radical (unpaired) electrons. The maximum atomic E-state index is 2.50. The molecule has 1 aliphatic heterocycles. The van der Waals surface area contributed by atoms with Gasteiger partial charge in [-0.05, 0) is 44.4 Å². The zero-order valence-electron chi connectivity index (χ0n) is 13.7. The summed E-state index contributed by atoms with van der Waals surface area (Å²) in [6, 6.07) is 0. The molecule has 1 heterocycles. The maximum Gasteiger partial charge on any atom is 0.000738 e. The van der Waals surface area contributed by atoms with Crippen molar-refractivity contribution in [3.05, 3.63) is 0 Å². The summed E-state index contributed by atoms with van der Waals surface area (Å²) < 4.78 is 0. The zero-order chi connectivity index (χ0) is 14.0. The van der Waals surface area contributed by atoms with Crippen molar-refractivity contribution in [1.29, 1.82) is 0 Å². The van der Waals surface area contributed by atoms with Gasteiger partial charge in [-0.25, -0.2) is 0 Å². The van der Waals surface area contributed by atoms with Gasteiger partial charge in [-0.3, -0.25) is 0 Å². The van der Waals surface area contributed by atoms with Crippen LogP contribution in [0, 0.1) is 11.8 Å². The van der Waals surface area contributed by atoms with Crippen LogP contribution in [0.15, 0.2) is 0 Å². The van der Waals surface area contributed by atoms with Crippen molar-refractivity contribution >= 4 is 0 Å². The average molecular weight is 256 g/mol. The Balaban J connectivity index is 0.000000327. The van der Waals surface area contributed by atoms with Gasteiger partial charge in [-0.2, -0.15) is 0 Å². The Kier molecular flexibility index (Phi) is 10.8. The summed E-state index contributed by atoms with van der Waals surface area (Å²) in [6.07, 6.45) is 2.71. The van der Waals surface area contributed by atoms with Crippen LogP contribution in [0.25, 0.3) is 0 Å². The molecule has 1 fully saturated rings. The van der Waals surface area contributed by atoms with E-state index in [9.17, 15) is 0 Å². The maximum absolute atomic E-state index is 2.50. The Morgan fingerprint density at radius 2 is 1.78 bits per heavy atom. The molecule has 0 aromatic heterocycles. The molecule has 2 nitrogen and oxygen atoms in total. The molecule has 0 spiro atoms. The lowest BCUT2D eigenvalue weighted by atomic mass is 10.1. The van der Waals surface area contributed by atoms with Crippen LogP contribution in [0.5, 0.6) is 0 Å². The number of nitrogens with zero attached hydrogens (tertiary/aromatic N) is 2. The van der Waals surface area contributed by atoms with Crippen molar-refractivity contribution in [3.8, 4) is 0 Å². The van der Waals surface area contributed by atoms with E-state index in [-0.39, 0.29) is 0 Å². The van der Waals surface area contributed by atoms with Gasteiger partial charge in [0, 0.05) is 13.1 Å². The summed E-state index contributed by atoms with van der Waals surface area (Å²) in [7, 11) is 0. The van der Waals surface area contributed by atoms with E-state index in [2.05, 4.69) is 51.3 Å². The third-order valence-corrected chi connectivity index (χ3v) is 4.12. The average Bonchev–Trinajstić information content (AvgIpc) is 2.82. The molecule has 0 N–H and O–H groups in total. The SMILES string of the molecule is CCC(C)CN(CC)CC.CCN1CCC(C)C1. The van der Waals surface area contributed by atoms with Gasteiger partial charge < -0.3 is 9.80 Å². The first-order valence-electron chi connectivity index (χ1n) is 8.01. The van der Waals surface area contributed by atoms with Crippen LogP contribution < -0.4 is 0 Å². The molecule has 0 aliphatic carbocycles. The summed E-state index contributed by atoms with van der Waals surface area (Å²) in [4.78, 5) is 4.98. The second-order valence-electron chi connectivity index (χ2n) is 5.79. The van der Waals surface area contributed by atoms with E-state index in [0.29, 0.717) is 0 Å². The highest BCUT2D eigenvalue weighted by molar-refractivity contribution is 4.70. The van der Waals surface area contributed by atoms with E-state index in [1.165, 1.54) is 52.1 Å². The van der Waals surface area contributed by atoms with E-state index in [1.807, 2.05) is 0 Å². The Labute approximate surface area is 116 Å². The third kappa shape index (κ3) is 8.10. The molecule has 0 bridgehead atoms. The topological polar surface area (TPSA) is 6.48 Å². The lowest BCUT2D eigenvalue weighted by molar-refractivity contribution is 0.258. The van der Waals surface area contributed by atoms with Gasteiger partial charge in [0.25, 0.3) is 0 Å². The minimum absolute atomic E-state index is 0.861. The first-order chi connectivity index (χ1) is 8.57. The summed E-state index contributed by atoms with van der Waals surface area (Å²) in [5, 5.41) is 0. The molecule has 1 aliphatic rings. The number of rotatable bonds is 6. The van der Waals surface area contributed by atoms with Crippen molar-refractivity contribution in [1.82, 2.24) is 9.80 Å². The molecular weight excluding hydrogens is 220 g/mol. The molecule has 18 heavy (non-hydrogen) atoms. The van der Waals surface area contributed by atoms with Crippen molar-refractivity contribution in [2.45, 2.75) is 54.4 Å². The summed E-state index contributed by atoms with van der Waals surface area (Å²) >= 11 is 0. The summed E-state index contributed by atoms with van der Waals surface area (Å²) in [5.74, 6) is 1.81. The number of likely N-dealkylation sites (tertiary alicyclic amines) is 1. The fourth-order valence-corrected chi connectivity index (χ4v) is 2.37. The van der Waals surface area contributed by atoms with Crippen LogP contribution in [0.4, 0.5) is 0 Å². The highest BCUT2D eigenvalue weighted by Gasteiger charge is 2.15. The van der Waals surface area contributed by atoms with E-state index in [0.717, 1.165) is 11.8 Å². The van der Waals surface area contributed by atoms with Gasteiger partial charge in [0.1, 0.15) is 0 Å². The lowest BCUT2D eigenvalue weighted by Crippen LogP contribution is -2.27. The summed E-state index contributed by atoms with van der Waals surface area (Å²) in [5.41, 5.74) is 0. The number of hydrogen-bond donors (Lipinski definition) is 0. The molecular formula is C16H36N2. The van der Waals surface area contributed by atoms with Crippen LogP contribution in [-0.2, 0) is 0 Å². The number of hydrogen-bond acceptors (Lipinski definition) is 2. The predicted molar refractivity (Wildman–Crippen MR) is 83.1 cm³/mol. The van der Waals surface area contributed by atoms with Crippen LogP contribution in [0.1, 0.15) is 54.4 Å². The minimum atomic E-state index is 0.861. The van der Waals surface area contributed by atoms with Crippen molar-refractivity contribution < 1.29 is 0 Å². The normalized spacial score (nSPS) is 21.8. The molecule has 0 aromatic carbocycles. The van der Waals surface area contributed by atoms with E-state index < -0.39 is 0 Å². The zero-order valence-corrected chi connectivity index (χ0v) is 13.7. The Morgan fingerprint density at radius 3 is 2.06 bits per heavy atom. The van der Waals surface area contributed by atoms with Gasteiger partial charge in [0.05, 0.1) is 0 Å². The van der Waals surface area contributed by atoms with Gasteiger partial charge in [-0.15, -0.1) is 0 Å². The van der Waals surface area contributed by atoms with Crippen molar-refractivity contribution in [2.24, 2.45) is 11.8 Å². The second kappa shape index (κ2) is 10.8. The van der Waals surface area contributed by atoms with Crippen LogP contribution in [0.3, 0.4) is 0 Å². The van der Waals surface area contributed by atoms with Gasteiger partial charge in [0.2, 0.25) is 0 Å². The monoisotopic (exact) mass is 256 g/mol. The van der Waals surface area contributed by atoms with E-state index >= 15 is 0 Å². The van der Waals surface area contributed by atoms with Gasteiger partial charge in [-0.1, -0.05) is 48.0 Å². The first kappa shape index (κ1) is 17.9. The largest absolute Gasteiger partial charge is 0.304 e. The summed E-state index contributed by atoms with van der Waals surface area (Å²) in [6.45, 7) is 21.2. The Hall–Kier alpha value is -0.0800. The first-order valence-corrected chi connectivity index (χ1v) is 8.01. The standard InChI is InChI=1S/C9H21N.C7H15N/c1-5-9(4)8-10(6-2)7-3;1-3-8-5-4-7(2)6-8/h9H,5-8H2,1-4H3;7H,3-6H2,1-2H3. The molecule has 1 saturated heterocycles. The molecule has 0 aromatic rings. The Morgan fingerprint density at radius 1 is 1.17 bits per heavy atom. The molecule has 0 amide bonds. The molecule has 2 atom stereocenters.